The first kappa shape index (κ1) is 16.7. The van der Waals surface area contributed by atoms with Crippen LogP contribution in [-0.4, -0.2) is 41.6 Å². The molecule has 1 aromatic carbocycles. The molecule has 1 aliphatic carbocycles. The third-order valence-corrected chi connectivity index (χ3v) is 5.46. The Bertz CT molecular complexity index is 664. The first-order valence-electron chi connectivity index (χ1n) is 8.43. The Labute approximate surface area is 140 Å². The molecule has 1 aliphatic heterocycles. The lowest BCUT2D eigenvalue weighted by Gasteiger charge is -2.23. The molecule has 1 heterocycles. The number of urea groups is 1. The molecule has 1 aromatic rings. The van der Waals surface area contributed by atoms with Gasteiger partial charge in [0, 0.05) is 19.6 Å². The Hall–Kier alpha value is -2.11. The molecule has 0 unspecified atom stereocenters. The highest BCUT2D eigenvalue weighted by Crippen LogP contribution is 2.48. The van der Waals surface area contributed by atoms with E-state index in [0.717, 1.165) is 18.4 Å². The lowest BCUT2D eigenvalue weighted by molar-refractivity contribution is -0.149. The van der Waals surface area contributed by atoms with Crippen LogP contribution in [0.1, 0.15) is 30.4 Å². The molecule has 3 rings (SSSR count). The van der Waals surface area contributed by atoms with Crippen LogP contribution >= 0.6 is 0 Å². The van der Waals surface area contributed by atoms with Gasteiger partial charge in [-0.2, -0.15) is 0 Å². The molecule has 130 valence electrons. The van der Waals surface area contributed by atoms with Crippen molar-refractivity contribution in [1.29, 1.82) is 0 Å². The summed E-state index contributed by atoms with van der Waals surface area (Å²) in [5.74, 6) is -1.01. The number of halogens is 1. The van der Waals surface area contributed by atoms with Crippen molar-refractivity contribution >= 4 is 12.0 Å². The third kappa shape index (κ3) is 2.97. The van der Waals surface area contributed by atoms with E-state index in [1.807, 2.05) is 6.92 Å². The standard InChI is InChI=1S/C18H23FN2O3/c1-12-4-5-15(19)13(9-12)6-8-20-17(24)21-10-14-3-2-7-18(14,11-21)16(22)23/h4-5,9,14H,2-3,6-8,10-11H2,1H3,(H,20,24)(H,22,23)/t14-,18+/m0/s1. The predicted octanol–water partition coefficient (Wildman–Crippen LogP) is 2.57. The summed E-state index contributed by atoms with van der Waals surface area (Å²) in [6.07, 6.45) is 2.84. The number of carboxylic acids is 1. The van der Waals surface area contributed by atoms with E-state index in [0.29, 0.717) is 31.5 Å². The monoisotopic (exact) mass is 334 g/mol. The molecule has 5 nitrogen and oxygen atoms in total. The zero-order valence-electron chi connectivity index (χ0n) is 13.8. The van der Waals surface area contributed by atoms with Crippen LogP contribution in [0, 0.1) is 24.1 Å². The first-order valence-corrected chi connectivity index (χ1v) is 8.43. The van der Waals surface area contributed by atoms with E-state index in [9.17, 15) is 19.1 Å². The van der Waals surface area contributed by atoms with Crippen molar-refractivity contribution in [2.45, 2.75) is 32.6 Å². The number of likely N-dealkylation sites (tertiary alicyclic amines) is 1. The van der Waals surface area contributed by atoms with Crippen LogP contribution in [0.2, 0.25) is 0 Å². The zero-order chi connectivity index (χ0) is 17.3. The summed E-state index contributed by atoms with van der Waals surface area (Å²) in [5, 5.41) is 12.3. The summed E-state index contributed by atoms with van der Waals surface area (Å²) >= 11 is 0. The highest BCUT2D eigenvalue weighted by molar-refractivity contribution is 5.80. The van der Waals surface area contributed by atoms with E-state index in [4.69, 9.17) is 0 Å². The predicted molar refractivity (Wildman–Crippen MR) is 87.2 cm³/mol. The van der Waals surface area contributed by atoms with Crippen LogP contribution in [0.4, 0.5) is 9.18 Å². The van der Waals surface area contributed by atoms with Gasteiger partial charge in [-0.3, -0.25) is 4.79 Å². The number of aliphatic carboxylic acids is 1. The molecule has 1 saturated carbocycles. The lowest BCUT2D eigenvalue weighted by Crippen LogP contribution is -2.42. The molecular formula is C18H23FN2O3. The Morgan fingerprint density at radius 1 is 1.46 bits per heavy atom. The number of fused-ring (bicyclic) bond motifs is 1. The number of nitrogens with one attached hydrogen (secondary N) is 1. The number of hydrogen-bond acceptors (Lipinski definition) is 2. The number of hydrogen-bond donors (Lipinski definition) is 2. The van der Waals surface area contributed by atoms with Gasteiger partial charge in [0.2, 0.25) is 0 Å². The maximum atomic E-state index is 13.7. The molecule has 1 saturated heterocycles. The van der Waals surface area contributed by atoms with E-state index in [-0.39, 0.29) is 24.3 Å². The minimum Gasteiger partial charge on any atom is -0.481 e. The Kier molecular flexibility index (Phi) is 4.47. The number of benzene rings is 1. The second kappa shape index (κ2) is 6.42. The van der Waals surface area contributed by atoms with Crippen molar-refractivity contribution in [3.8, 4) is 0 Å². The van der Waals surface area contributed by atoms with Gasteiger partial charge in [-0.15, -0.1) is 0 Å². The molecule has 0 spiro atoms. The van der Waals surface area contributed by atoms with Crippen LogP contribution in [0.25, 0.3) is 0 Å². The lowest BCUT2D eigenvalue weighted by atomic mass is 9.81. The molecule has 2 aliphatic rings. The SMILES string of the molecule is Cc1ccc(F)c(CCNC(=O)N2C[C@@H]3CCC[C@@]3(C(=O)O)C2)c1. The average molecular weight is 334 g/mol. The minimum absolute atomic E-state index is 0.0509. The van der Waals surface area contributed by atoms with Gasteiger partial charge in [0.15, 0.2) is 0 Å². The molecule has 0 aromatic heterocycles. The van der Waals surface area contributed by atoms with Crippen molar-refractivity contribution in [2.24, 2.45) is 11.3 Å². The number of carboxylic acid groups (broad SMARTS) is 1. The summed E-state index contributed by atoms with van der Waals surface area (Å²) in [7, 11) is 0. The average Bonchev–Trinajstić information content (AvgIpc) is 3.08. The van der Waals surface area contributed by atoms with Crippen molar-refractivity contribution < 1.29 is 19.1 Å². The summed E-state index contributed by atoms with van der Waals surface area (Å²) < 4.78 is 13.7. The van der Waals surface area contributed by atoms with Crippen LogP contribution in [0.15, 0.2) is 18.2 Å². The molecule has 0 radical (unpaired) electrons. The normalized spacial score (nSPS) is 25.6. The maximum Gasteiger partial charge on any atom is 0.317 e. The van der Waals surface area contributed by atoms with Crippen molar-refractivity contribution in [3.05, 3.63) is 35.1 Å². The summed E-state index contributed by atoms with van der Waals surface area (Å²) in [6.45, 7) is 3.00. The summed E-state index contributed by atoms with van der Waals surface area (Å²) in [4.78, 5) is 25.6. The zero-order valence-corrected chi connectivity index (χ0v) is 13.8. The molecule has 24 heavy (non-hydrogen) atoms. The van der Waals surface area contributed by atoms with E-state index < -0.39 is 11.4 Å². The number of rotatable bonds is 4. The quantitative estimate of drug-likeness (QED) is 0.889. The van der Waals surface area contributed by atoms with Gasteiger partial charge >= 0.3 is 12.0 Å². The topological polar surface area (TPSA) is 69.6 Å². The fourth-order valence-corrected chi connectivity index (χ4v) is 4.10. The molecule has 6 heteroatoms. The van der Waals surface area contributed by atoms with Gasteiger partial charge in [0.1, 0.15) is 5.82 Å². The van der Waals surface area contributed by atoms with Gasteiger partial charge in [-0.25, -0.2) is 9.18 Å². The third-order valence-electron chi connectivity index (χ3n) is 5.46. The van der Waals surface area contributed by atoms with E-state index >= 15 is 0 Å². The molecular weight excluding hydrogens is 311 g/mol. The van der Waals surface area contributed by atoms with Crippen molar-refractivity contribution in [1.82, 2.24) is 10.2 Å². The van der Waals surface area contributed by atoms with Crippen LogP contribution in [-0.2, 0) is 11.2 Å². The fraction of sp³-hybridized carbons (Fsp3) is 0.556. The number of carbonyl (C=O) groups is 2. The van der Waals surface area contributed by atoms with Crippen LogP contribution < -0.4 is 5.32 Å². The molecule has 2 amide bonds. The summed E-state index contributed by atoms with van der Waals surface area (Å²) in [5.41, 5.74) is 0.795. The van der Waals surface area contributed by atoms with Gasteiger partial charge in [-0.05, 0) is 43.7 Å². The molecule has 2 atom stereocenters. The highest BCUT2D eigenvalue weighted by Gasteiger charge is 2.55. The van der Waals surface area contributed by atoms with E-state index in [1.165, 1.54) is 6.07 Å². The largest absolute Gasteiger partial charge is 0.481 e. The maximum absolute atomic E-state index is 13.7. The van der Waals surface area contributed by atoms with Crippen molar-refractivity contribution in [2.75, 3.05) is 19.6 Å². The van der Waals surface area contributed by atoms with Crippen molar-refractivity contribution in [3.63, 3.8) is 0 Å². The smallest absolute Gasteiger partial charge is 0.317 e. The molecule has 2 fully saturated rings. The number of nitrogens with zero attached hydrogens (tertiary/aromatic N) is 1. The number of aryl methyl sites for hydroxylation is 1. The Morgan fingerprint density at radius 3 is 2.96 bits per heavy atom. The second-order valence-corrected chi connectivity index (χ2v) is 7.01. The highest BCUT2D eigenvalue weighted by atomic mass is 19.1. The fourth-order valence-electron chi connectivity index (χ4n) is 4.10. The Balaban J connectivity index is 1.55. The number of carbonyl (C=O) groups excluding carboxylic acids is 1. The van der Waals surface area contributed by atoms with Gasteiger partial charge in [0.05, 0.1) is 5.41 Å². The van der Waals surface area contributed by atoms with Crippen LogP contribution in [0.3, 0.4) is 0 Å². The second-order valence-electron chi connectivity index (χ2n) is 7.01. The number of amides is 2. The van der Waals surface area contributed by atoms with E-state index in [2.05, 4.69) is 5.32 Å². The molecule has 0 bridgehead atoms. The van der Waals surface area contributed by atoms with Crippen LogP contribution in [0.5, 0.6) is 0 Å². The van der Waals surface area contributed by atoms with Gasteiger partial charge in [0.25, 0.3) is 0 Å². The van der Waals surface area contributed by atoms with Gasteiger partial charge in [-0.1, -0.05) is 24.1 Å². The van der Waals surface area contributed by atoms with Gasteiger partial charge < -0.3 is 15.3 Å². The minimum atomic E-state index is -0.790. The Morgan fingerprint density at radius 2 is 2.25 bits per heavy atom. The first-order chi connectivity index (χ1) is 11.4. The summed E-state index contributed by atoms with van der Waals surface area (Å²) in [6, 6.07) is 4.68. The van der Waals surface area contributed by atoms with E-state index in [1.54, 1.807) is 17.0 Å². The molecule has 2 N–H and O–H groups in total.